The van der Waals surface area contributed by atoms with Gasteiger partial charge in [0.05, 0.1) is 16.0 Å². The van der Waals surface area contributed by atoms with Crippen LogP contribution in [0.5, 0.6) is 0 Å². The van der Waals surface area contributed by atoms with E-state index in [0.717, 1.165) is 44.5 Å². The van der Waals surface area contributed by atoms with Crippen LogP contribution in [0.2, 0.25) is 0 Å². The Bertz CT molecular complexity index is 1030. The van der Waals surface area contributed by atoms with Gasteiger partial charge in [0.2, 0.25) is 5.91 Å². The van der Waals surface area contributed by atoms with Crippen molar-refractivity contribution in [2.45, 2.75) is 55.6 Å². The van der Waals surface area contributed by atoms with Crippen molar-refractivity contribution in [2.24, 2.45) is 5.73 Å². The molecule has 3 aromatic heterocycles. The monoisotopic (exact) mass is 418 g/mol. The molecule has 0 unspecified atom stereocenters. The number of carbonyl (C=O) groups is 1. The molecular formula is C19H22N4OS3. The van der Waals surface area contributed by atoms with Gasteiger partial charge in [-0.05, 0) is 49.5 Å². The normalized spacial score (nSPS) is 13.6. The van der Waals surface area contributed by atoms with E-state index in [1.54, 1.807) is 11.3 Å². The lowest BCUT2D eigenvalue weighted by molar-refractivity contribution is -0.115. The summed E-state index contributed by atoms with van der Waals surface area (Å²) in [6.07, 6.45) is 8.79. The van der Waals surface area contributed by atoms with Crippen molar-refractivity contribution in [1.82, 2.24) is 15.0 Å². The van der Waals surface area contributed by atoms with E-state index < -0.39 is 0 Å². The van der Waals surface area contributed by atoms with Gasteiger partial charge in [0.15, 0.2) is 5.16 Å². The molecule has 0 radical (unpaired) electrons. The maximum Gasteiger partial charge on any atom is 0.227 e. The van der Waals surface area contributed by atoms with Gasteiger partial charge >= 0.3 is 0 Å². The van der Waals surface area contributed by atoms with Crippen LogP contribution in [-0.2, 0) is 24.1 Å². The van der Waals surface area contributed by atoms with Gasteiger partial charge in [-0.15, -0.1) is 11.3 Å². The lowest BCUT2D eigenvalue weighted by Gasteiger charge is -2.09. The fourth-order valence-electron chi connectivity index (χ4n) is 3.68. The Labute approximate surface area is 170 Å². The van der Waals surface area contributed by atoms with Gasteiger partial charge in [-0.1, -0.05) is 36.9 Å². The number of aryl methyl sites for hydroxylation is 2. The first-order valence-electron chi connectivity index (χ1n) is 9.22. The zero-order valence-corrected chi connectivity index (χ0v) is 18.0. The maximum absolute atomic E-state index is 11.3. The Kier molecular flexibility index (Phi) is 5.57. The zero-order chi connectivity index (χ0) is 19.0. The molecule has 0 atom stereocenters. The van der Waals surface area contributed by atoms with E-state index in [2.05, 4.69) is 11.9 Å². The van der Waals surface area contributed by atoms with Crippen LogP contribution in [0.3, 0.4) is 0 Å². The summed E-state index contributed by atoms with van der Waals surface area (Å²) >= 11 is 4.58. The zero-order valence-electron chi connectivity index (χ0n) is 15.5. The number of nitrogens with zero attached hydrogens (tertiary/aromatic N) is 3. The number of carbonyl (C=O) groups excluding carboxylic acids is 1. The molecule has 5 nitrogen and oxygen atoms in total. The average Bonchev–Trinajstić information content (AvgIpc) is 3.27. The molecule has 1 amide bonds. The fourth-order valence-corrected chi connectivity index (χ4v) is 6.11. The Hall–Kier alpha value is -1.38. The first-order valence-corrected chi connectivity index (χ1v) is 12.2. The van der Waals surface area contributed by atoms with E-state index >= 15 is 0 Å². The van der Waals surface area contributed by atoms with Crippen LogP contribution in [0.4, 0.5) is 0 Å². The Morgan fingerprint density at radius 3 is 2.78 bits per heavy atom. The predicted molar refractivity (Wildman–Crippen MR) is 115 cm³/mol. The van der Waals surface area contributed by atoms with Crippen molar-refractivity contribution < 1.29 is 4.79 Å². The molecule has 142 valence electrons. The number of amides is 1. The summed E-state index contributed by atoms with van der Waals surface area (Å²) in [6.45, 7) is 2.22. The maximum atomic E-state index is 11.3. The van der Waals surface area contributed by atoms with Crippen LogP contribution in [0.1, 0.15) is 43.0 Å². The molecule has 8 heteroatoms. The molecule has 3 aromatic rings. The van der Waals surface area contributed by atoms with Crippen LogP contribution in [0.25, 0.3) is 20.4 Å². The smallest absolute Gasteiger partial charge is 0.227 e. The summed E-state index contributed by atoms with van der Waals surface area (Å²) in [4.78, 5) is 26.9. The summed E-state index contributed by atoms with van der Waals surface area (Å²) in [5.41, 5.74) is 10.5. The minimum absolute atomic E-state index is 0.224. The molecule has 1 aliphatic rings. The van der Waals surface area contributed by atoms with Crippen molar-refractivity contribution in [3.8, 4) is 0 Å². The van der Waals surface area contributed by atoms with Crippen LogP contribution in [0.15, 0.2) is 10.2 Å². The SMILES string of the molecule is CCCCc1nc2sc3c(SCC(N)=O)nc(SC)nc3c2c2c1CCC2. The number of rotatable bonds is 7. The van der Waals surface area contributed by atoms with E-state index in [9.17, 15) is 4.79 Å². The number of hydrogen-bond acceptors (Lipinski definition) is 7. The molecule has 0 spiro atoms. The highest BCUT2D eigenvalue weighted by molar-refractivity contribution is 8.00. The van der Waals surface area contributed by atoms with Gasteiger partial charge in [-0.3, -0.25) is 4.79 Å². The topological polar surface area (TPSA) is 81.8 Å². The number of fused-ring (bicyclic) bond motifs is 5. The molecule has 0 bridgehead atoms. The molecule has 0 saturated heterocycles. The molecule has 27 heavy (non-hydrogen) atoms. The molecule has 2 N–H and O–H groups in total. The second kappa shape index (κ2) is 7.93. The molecule has 0 aromatic carbocycles. The minimum atomic E-state index is -0.334. The fraction of sp³-hybridized carbons (Fsp3) is 0.474. The summed E-state index contributed by atoms with van der Waals surface area (Å²) in [6, 6.07) is 0. The standard InChI is InChI=1S/C19H22N4OS3/c1-3-4-8-12-10-6-5-7-11(10)14-15-16(27-17(14)21-12)18(26-9-13(20)24)23-19(22-15)25-2/h3-9H2,1-2H3,(H2,20,24). The molecule has 3 heterocycles. The van der Waals surface area contributed by atoms with Gasteiger partial charge in [0, 0.05) is 11.1 Å². The van der Waals surface area contributed by atoms with Gasteiger partial charge in [-0.2, -0.15) is 0 Å². The Balaban J connectivity index is 1.95. The van der Waals surface area contributed by atoms with E-state index in [0.29, 0.717) is 0 Å². The largest absolute Gasteiger partial charge is 0.369 e. The molecule has 4 rings (SSSR count). The third-order valence-electron chi connectivity index (χ3n) is 4.87. The lowest BCUT2D eigenvalue weighted by Crippen LogP contribution is -2.13. The summed E-state index contributed by atoms with van der Waals surface area (Å²) in [7, 11) is 0. The average molecular weight is 419 g/mol. The van der Waals surface area contributed by atoms with Crippen LogP contribution in [-0.4, -0.2) is 32.9 Å². The number of unbranched alkanes of at least 4 members (excludes halogenated alkanes) is 1. The van der Waals surface area contributed by atoms with Gasteiger partial charge < -0.3 is 5.73 Å². The van der Waals surface area contributed by atoms with Gasteiger partial charge in [-0.25, -0.2) is 15.0 Å². The van der Waals surface area contributed by atoms with Gasteiger partial charge in [0.25, 0.3) is 0 Å². The third kappa shape index (κ3) is 3.54. The minimum Gasteiger partial charge on any atom is -0.369 e. The Morgan fingerprint density at radius 1 is 1.22 bits per heavy atom. The summed E-state index contributed by atoms with van der Waals surface area (Å²) in [5, 5.41) is 2.78. The van der Waals surface area contributed by atoms with Gasteiger partial charge in [0.1, 0.15) is 9.86 Å². The second-order valence-electron chi connectivity index (χ2n) is 6.70. The lowest BCUT2D eigenvalue weighted by atomic mass is 10.0. The second-order valence-corrected chi connectivity index (χ2v) is 9.44. The summed E-state index contributed by atoms with van der Waals surface area (Å²) < 4.78 is 1.03. The molecule has 1 aliphatic carbocycles. The number of nitrogens with two attached hydrogens (primary N) is 1. The van der Waals surface area contributed by atoms with Crippen LogP contribution < -0.4 is 5.73 Å². The molecule has 0 aliphatic heterocycles. The van der Waals surface area contributed by atoms with E-state index in [4.69, 9.17) is 15.7 Å². The predicted octanol–water partition coefficient (Wildman–Crippen LogP) is 4.37. The highest BCUT2D eigenvalue weighted by Crippen LogP contribution is 2.42. The van der Waals surface area contributed by atoms with Crippen molar-refractivity contribution in [2.75, 3.05) is 12.0 Å². The van der Waals surface area contributed by atoms with Crippen molar-refractivity contribution in [1.29, 1.82) is 0 Å². The van der Waals surface area contributed by atoms with E-state index in [1.165, 1.54) is 65.0 Å². The quantitative estimate of drug-likeness (QED) is 0.348. The number of thioether (sulfide) groups is 2. The summed E-state index contributed by atoms with van der Waals surface area (Å²) in [5.74, 6) is -0.110. The molecule has 0 saturated carbocycles. The van der Waals surface area contributed by atoms with Crippen LogP contribution >= 0.6 is 34.9 Å². The van der Waals surface area contributed by atoms with Crippen molar-refractivity contribution >= 4 is 61.2 Å². The van der Waals surface area contributed by atoms with E-state index in [1.807, 2.05) is 6.26 Å². The molecular weight excluding hydrogens is 396 g/mol. The van der Waals surface area contributed by atoms with Crippen molar-refractivity contribution in [3.63, 3.8) is 0 Å². The van der Waals surface area contributed by atoms with Crippen LogP contribution in [0, 0.1) is 0 Å². The highest BCUT2D eigenvalue weighted by atomic mass is 32.2. The first kappa shape index (κ1) is 19.0. The number of pyridine rings is 1. The number of hydrogen-bond donors (Lipinski definition) is 1. The molecule has 0 fully saturated rings. The Morgan fingerprint density at radius 2 is 2.04 bits per heavy atom. The van der Waals surface area contributed by atoms with Crippen molar-refractivity contribution in [3.05, 3.63) is 16.8 Å². The number of thiophene rings is 1. The third-order valence-corrected chi connectivity index (χ3v) is 7.62. The number of primary amides is 1. The van der Waals surface area contributed by atoms with E-state index in [-0.39, 0.29) is 11.7 Å². The number of aromatic nitrogens is 3. The first-order chi connectivity index (χ1) is 13.1. The highest BCUT2D eigenvalue weighted by Gasteiger charge is 2.24.